The monoisotopic (exact) mass is 260 g/mol. The number of hydrogen-bond donors (Lipinski definition) is 2. The van der Waals surface area contributed by atoms with E-state index >= 15 is 0 Å². The van der Waals surface area contributed by atoms with Gasteiger partial charge in [-0.1, -0.05) is 6.07 Å². The van der Waals surface area contributed by atoms with E-state index in [1.807, 2.05) is 29.0 Å². The highest BCUT2D eigenvalue weighted by Crippen LogP contribution is 2.13. The van der Waals surface area contributed by atoms with Crippen LogP contribution in [0.3, 0.4) is 0 Å². The zero-order valence-electron chi connectivity index (χ0n) is 11.5. The highest BCUT2D eigenvalue weighted by Gasteiger charge is 2.14. The molecule has 0 aromatic carbocycles. The summed E-state index contributed by atoms with van der Waals surface area (Å²) in [6.07, 6.45) is 4.59. The molecule has 0 aliphatic rings. The van der Waals surface area contributed by atoms with Gasteiger partial charge in [0.2, 0.25) is 0 Å². The summed E-state index contributed by atoms with van der Waals surface area (Å²) in [4.78, 5) is 8.44. The van der Waals surface area contributed by atoms with Crippen LogP contribution in [-0.2, 0) is 0 Å². The third-order valence-electron chi connectivity index (χ3n) is 2.69. The van der Waals surface area contributed by atoms with Crippen molar-refractivity contribution in [3.8, 4) is 5.82 Å². The second kappa shape index (κ2) is 5.50. The largest absolute Gasteiger partial charge is 0.385 e. The predicted molar refractivity (Wildman–Crippen MR) is 74.1 cm³/mol. The van der Waals surface area contributed by atoms with Crippen LogP contribution in [0.2, 0.25) is 0 Å². The second-order valence-corrected chi connectivity index (χ2v) is 5.54. The maximum Gasteiger partial charge on any atom is 0.138 e. The Morgan fingerprint density at radius 3 is 2.79 bits per heavy atom. The molecule has 0 saturated heterocycles. The fourth-order valence-corrected chi connectivity index (χ4v) is 1.67. The van der Waals surface area contributed by atoms with Crippen molar-refractivity contribution < 1.29 is 5.11 Å². The van der Waals surface area contributed by atoms with Crippen molar-refractivity contribution in [2.45, 2.75) is 32.4 Å². The fourth-order valence-electron chi connectivity index (χ4n) is 1.67. The molecule has 2 aromatic heterocycles. The molecule has 5 nitrogen and oxygen atoms in total. The predicted octanol–water partition coefficient (Wildman–Crippen LogP) is 1.69. The summed E-state index contributed by atoms with van der Waals surface area (Å²) in [6, 6.07) is 5.60. The number of nitrogens with zero attached hydrogens (tertiary/aromatic N) is 3. The summed E-state index contributed by atoms with van der Waals surface area (Å²) in [7, 11) is 0. The van der Waals surface area contributed by atoms with Crippen molar-refractivity contribution >= 4 is 0 Å². The molecule has 2 rings (SSSR count). The highest BCUT2D eigenvalue weighted by atomic mass is 16.3. The average Bonchev–Trinajstić information content (AvgIpc) is 2.89. The topological polar surface area (TPSA) is 63.0 Å². The summed E-state index contributed by atoms with van der Waals surface area (Å²) in [5.74, 6) is 0.754. The Bertz CT molecular complexity index is 516. The van der Waals surface area contributed by atoms with Crippen LogP contribution in [0.1, 0.15) is 32.6 Å². The first-order valence-electron chi connectivity index (χ1n) is 6.34. The number of rotatable bonds is 4. The SMILES string of the molecule is CC(C)(C)NC[C@@H](O)c1cccc(-n2ccnc2)n1. The molecule has 2 aromatic rings. The van der Waals surface area contributed by atoms with Gasteiger partial charge in [0.25, 0.3) is 0 Å². The van der Waals surface area contributed by atoms with Crippen molar-refractivity contribution in [2.24, 2.45) is 0 Å². The summed E-state index contributed by atoms with van der Waals surface area (Å²) < 4.78 is 1.81. The molecule has 0 aliphatic carbocycles. The van der Waals surface area contributed by atoms with Crippen molar-refractivity contribution in [2.75, 3.05) is 6.54 Å². The Hall–Kier alpha value is -1.72. The zero-order chi connectivity index (χ0) is 13.9. The molecule has 102 valence electrons. The van der Waals surface area contributed by atoms with Crippen molar-refractivity contribution in [1.82, 2.24) is 19.9 Å². The first kappa shape index (κ1) is 13.7. The lowest BCUT2D eigenvalue weighted by molar-refractivity contribution is 0.159. The Balaban J connectivity index is 2.10. The van der Waals surface area contributed by atoms with Crippen LogP contribution in [0.5, 0.6) is 0 Å². The molecule has 2 heterocycles. The van der Waals surface area contributed by atoms with E-state index in [2.05, 4.69) is 36.1 Å². The van der Waals surface area contributed by atoms with E-state index in [1.165, 1.54) is 0 Å². The summed E-state index contributed by atoms with van der Waals surface area (Å²) in [5, 5.41) is 13.4. The van der Waals surface area contributed by atoms with Crippen LogP contribution < -0.4 is 5.32 Å². The minimum atomic E-state index is -0.623. The van der Waals surface area contributed by atoms with Gasteiger partial charge in [0.15, 0.2) is 0 Å². The van der Waals surface area contributed by atoms with E-state index in [1.54, 1.807) is 12.5 Å². The molecule has 1 atom stereocenters. The molecular formula is C14H20N4O. The molecule has 0 spiro atoms. The lowest BCUT2D eigenvalue weighted by Gasteiger charge is -2.22. The minimum Gasteiger partial charge on any atom is -0.385 e. The number of pyridine rings is 1. The van der Waals surface area contributed by atoms with E-state index in [0.717, 1.165) is 5.82 Å². The van der Waals surface area contributed by atoms with E-state index in [0.29, 0.717) is 12.2 Å². The molecule has 0 fully saturated rings. The highest BCUT2D eigenvalue weighted by molar-refractivity contribution is 5.25. The van der Waals surface area contributed by atoms with Crippen molar-refractivity contribution in [3.63, 3.8) is 0 Å². The van der Waals surface area contributed by atoms with Gasteiger partial charge in [-0.15, -0.1) is 0 Å². The van der Waals surface area contributed by atoms with Gasteiger partial charge in [-0.2, -0.15) is 0 Å². The van der Waals surface area contributed by atoms with E-state index in [9.17, 15) is 5.11 Å². The Labute approximate surface area is 113 Å². The number of aliphatic hydroxyl groups excluding tert-OH is 1. The quantitative estimate of drug-likeness (QED) is 0.878. The summed E-state index contributed by atoms with van der Waals surface area (Å²) in [5.41, 5.74) is 0.631. The normalized spacial score (nSPS) is 13.5. The number of hydrogen-bond acceptors (Lipinski definition) is 4. The standard InChI is InChI=1S/C14H20N4O/c1-14(2,3)16-9-12(19)11-5-4-6-13(17-11)18-8-7-15-10-18/h4-8,10,12,16,19H,9H2,1-3H3/t12-/m1/s1. The van der Waals surface area contributed by atoms with Gasteiger partial charge in [-0.05, 0) is 32.9 Å². The second-order valence-electron chi connectivity index (χ2n) is 5.54. The molecule has 0 saturated carbocycles. The van der Waals surface area contributed by atoms with Gasteiger partial charge in [-0.25, -0.2) is 9.97 Å². The lowest BCUT2D eigenvalue weighted by Crippen LogP contribution is -2.38. The van der Waals surface area contributed by atoms with Crippen LogP contribution in [0.15, 0.2) is 36.9 Å². The molecule has 0 amide bonds. The first-order chi connectivity index (χ1) is 8.96. The number of aliphatic hydroxyl groups is 1. The zero-order valence-corrected chi connectivity index (χ0v) is 11.5. The van der Waals surface area contributed by atoms with Gasteiger partial charge in [0, 0.05) is 24.5 Å². The van der Waals surface area contributed by atoms with Gasteiger partial charge >= 0.3 is 0 Å². The molecule has 0 bridgehead atoms. The molecule has 2 N–H and O–H groups in total. The minimum absolute atomic E-state index is 0.0249. The molecule has 0 radical (unpaired) electrons. The molecule has 5 heteroatoms. The third-order valence-corrected chi connectivity index (χ3v) is 2.69. The van der Waals surface area contributed by atoms with E-state index in [4.69, 9.17) is 0 Å². The maximum atomic E-state index is 10.2. The van der Waals surface area contributed by atoms with Gasteiger partial charge in [0.1, 0.15) is 18.2 Å². The molecule has 19 heavy (non-hydrogen) atoms. The van der Waals surface area contributed by atoms with E-state index < -0.39 is 6.10 Å². The van der Waals surface area contributed by atoms with Crippen LogP contribution >= 0.6 is 0 Å². The third kappa shape index (κ3) is 3.87. The van der Waals surface area contributed by atoms with Gasteiger partial charge < -0.3 is 10.4 Å². The number of imidazole rings is 1. The van der Waals surface area contributed by atoms with Crippen LogP contribution in [0.4, 0.5) is 0 Å². The van der Waals surface area contributed by atoms with Gasteiger partial charge in [-0.3, -0.25) is 4.57 Å². The number of nitrogens with one attached hydrogen (secondary N) is 1. The smallest absolute Gasteiger partial charge is 0.138 e. The molecular weight excluding hydrogens is 240 g/mol. The number of aromatic nitrogens is 3. The van der Waals surface area contributed by atoms with Crippen LogP contribution in [0, 0.1) is 0 Å². The van der Waals surface area contributed by atoms with E-state index in [-0.39, 0.29) is 5.54 Å². The van der Waals surface area contributed by atoms with Crippen molar-refractivity contribution in [3.05, 3.63) is 42.6 Å². The molecule has 0 unspecified atom stereocenters. The van der Waals surface area contributed by atoms with Crippen LogP contribution in [-0.4, -0.2) is 31.7 Å². The average molecular weight is 260 g/mol. The lowest BCUT2D eigenvalue weighted by atomic mass is 10.1. The Kier molecular flexibility index (Phi) is 3.97. The van der Waals surface area contributed by atoms with Crippen LogP contribution in [0.25, 0.3) is 5.82 Å². The summed E-state index contributed by atoms with van der Waals surface area (Å²) >= 11 is 0. The van der Waals surface area contributed by atoms with Crippen molar-refractivity contribution in [1.29, 1.82) is 0 Å². The summed E-state index contributed by atoms with van der Waals surface area (Å²) in [6.45, 7) is 6.67. The number of β-amino-alcohol motifs (C(OH)–C–C–N with tert-alkyl or cyclic N) is 1. The Morgan fingerprint density at radius 2 is 2.16 bits per heavy atom. The Morgan fingerprint density at radius 1 is 1.37 bits per heavy atom. The maximum absolute atomic E-state index is 10.2. The first-order valence-corrected chi connectivity index (χ1v) is 6.34. The fraction of sp³-hybridized carbons (Fsp3) is 0.429. The van der Waals surface area contributed by atoms with Gasteiger partial charge in [0.05, 0.1) is 5.69 Å². The molecule has 0 aliphatic heterocycles.